The third-order valence-electron chi connectivity index (χ3n) is 8.78. The van der Waals surface area contributed by atoms with E-state index in [0.29, 0.717) is 24.2 Å². The number of aromatic nitrogens is 1. The van der Waals surface area contributed by atoms with E-state index in [-0.39, 0.29) is 5.78 Å². The summed E-state index contributed by atoms with van der Waals surface area (Å²) in [6, 6.07) is 8.60. The lowest BCUT2D eigenvalue weighted by Gasteiger charge is -2.25. The Morgan fingerprint density at radius 2 is 1.74 bits per heavy atom. The summed E-state index contributed by atoms with van der Waals surface area (Å²) < 4.78 is 6.46. The van der Waals surface area contributed by atoms with Gasteiger partial charge < -0.3 is 15.0 Å². The van der Waals surface area contributed by atoms with Gasteiger partial charge in [0.25, 0.3) is 0 Å². The van der Waals surface area contributed by atoms with Gasteiger partial charge in [0.05, 0.1) is 23.7 Å². The van der Waals surface area contributed by atoms with E-state index in [9.17, 15) is 4.79 Å². The first kappa shape index (κ1) is 38.7. The number of pyridine rings is 1. The van der Waals surface area contributed by atoms with E-state index in [4.69, 9.17) is 9.72 Å². The van der Waals surface area contributed by atoms with Crippen LogP contribution in [0.25, 0.3) is 5.57 Å². The number of Topliss-reactive ketones (excluding diaryl/α,β-unsaturated/α-hetero) is 1. The molecule has 4 bridgehead atoms. The van der Waals surface area contributed by atoms with Crippen LogP contribution in [0.1, 0.15) is 146 Å². The second-order valence-corrected chi connectivity index (χ2v) is 12.4. The van der Waals surface area contributed by atoms with Gasteiger partial charge in [-0.05, 0) is 119 Å². The monoisotopic (exact) mass is 627 g/mol. The van der Waals surface area contributed by atoms with Gasteiger partial charge in [0.1, 0.15) is 11.6 Å². The highest BCUT2D eigenvalue weighted by Gasteiger charge is 2.32. The zero-order valence-corrected chi connectivity index (χ0v) is 30.8. The lowest BCUT2D eigenvalue weighted by Crippen LogP contribution is -2.27. The average molecular weight is 628 g/mol. The SMILES string of the molecule is C#CC.CC.CC.CC/C1=C(\C)c2cc(cc(C)n2)C(=O)CCC/C=C2/Nc3cc(C)c(C(C)C)cc3N2CC2CCC(CO1)C2. The molecule has 0 radical (unpaired) electrons. The van der Waals surface area contributed by atoms with Gasteiger partial charge in [-0.15, -0.1) is 12.3 Å². The van der Waals surface area contributed by atoms with Gasteiger partial charge in [0.2, 0.25) is 0 Å². The number of carbonyl (C=O) groups is 1. The first-order valence-electron chi connectivity index (χ1n) is 17.8. The Kier molecular flexibility index (Phi) is 16.1. The number of anilines is 2. The molecule has 1 saturated carbocycles. The third kappa shape index (κ3) is 9.99. The van der Waals surface area contributed by atoms with Gasteiger partial charge in [0.15, 0.2) is 5.78 Å². The van der Waals surface area contributed by atoms with Crippen LogP contribution in [0.3, 0.4) is 0 Å². The lowest BCUT2D eigenvalue weighted by molar-refractivity contribution is 0.0980. The molecule has 2 atom stereocenters. The zero-order chi connectivity index (χ0) is 34.4. The Hall–Kier alpha value is -3.52. The van der Waals surface area contributed by atoms with Gasteiger partial charge in [0, 0.05) is 36.2 Å². The number of terminal acetylenes is 1. The second kappa shape index (κ2) is 19.2. The van der Waals surface area contributed by atoms with Crippen LogP contribution >= 0.6 is 0 Å². The number of allylic oxidation sites excluding steroid dienone is 3. The second-order valence-electron chi connectivity index (χ2n) is 12.4. The van der Waals surface area contributed by atoms with Crippen LogP contribution in [-0.2, 0) is 4.74 Å². The minimum atomic E-state index is 0.183. The van der Waals surface area contributed by atoms with Gasteiger partial charge in [-0.25, -0.2) is 0 Å². The maximum Gasteiger partial charge on any atom is 0.163 e. The van der Waals surface area contributed by atoms with Crippen molar-refractivity contribution in [3.63, 3.8) is 0 Å². The van der Waals surface area contributed by atoms with E-state index in [0.717, 1.165) is 60.7 Å². The van der Waals surface area contributed by atoms with E-state index in [2.05, 4.69) is 75.4 Å². The fraction of sp³-hybridized carbons (Fsp3) is 0.561. The highest BCUT2D eigenvalue weighted by atomic mass is 16.5. The maximum atomic E-state index is 13.2. The number of aryl methyl sites for hydroxylation is 2. The molecule has 5 nitrogen and oxygen atoms in total. The summed E-state index contributed by atoms with van der Waals surface area (Å²) in [5.74, 6) is 6.29. The smallest absolute Gasteiger partial charge is 0.163 e. The molecular formula is C41H61N3O2. The van der Waals surface area contributed by atoms with Crippen molar-refractivity contribution in [3.05, 3.63) is 70.0 Å². The summed E-state index contributed by atoms with van der Waals surface area (Å²) in [5, 5.41) is 3.73. The molecule has 46 heavy (non-hydrogen) atoms. The average Bonchev–Trinajstić information content (AvgIpc) is 3.64. The molecule has 0 saturated heterocycles. The molecule has 3 heterocycles. The standard InChI is InChI=1S/C34H45N3O2.C3H4.2C2H6/c1-7-33-24(6)29-17-27(15-23(5)35-29)32(38)10-8-9-11-34-36-30-14-22(4)28(21(2)3)18-31(30)37(34)19-25-12-13-26(16-25)20-39-33;1-3-2;2*1-2/h11,14-15,17-18,21,25-26,36H,7-10,12-13,16,19-20H2,1-6H3;1H,2H3;2*1-2H3/b33-24-,34-11-;;;. The van der Waals surface area contributed by atoms with Gasteiger partial charge in [-0.2, -0.15) is 0 Å². The highest BCUT2D eigenvalue weighted by Crippen LogP contribution is 2.43. The molecule has 5 rings (SSSR count). The maximum absolute atomic E-state index is 13.2. The van der Waals surface area contributed by atoms with Crippen molar-refractivity contribution in [3.8, 4) is 12.3 Å². The van der Waals surface area contributed by atoms with Crippen LogP contribution in [-0.4, -0.2) is 23.9 Å². The molecule has 2 aliphatic heterocycles. The largest absolute Gasteiger partial charge is 0.497 e. The summed E-state index contributed by atoms with van der Waals surface area (Å²) >= 11 is 0. The van der Waals surface area contributed by atoms with Crippen LogP contribution in [0.2, 0.25) is 0 Å². The minimum Gasteiger partial charge on any atom is -0.497 e. The van der Waals surface area contributed by atoms with Crippen LogP contribution in [0.4, 0.5) is 11.4 Å². The fourth-order valence-electron chi connectivity index (χ4n) is 6.61. The molecule has 5 heteroatoms. The van der Waals surface area contributed by atoms with E-state index >= 15 is 0 Å². The molecule has 3 aliphatic rings. The van der Waals surface area contributed by atoms with Crippen molar-refractivity contribution in [1.29, 1.82) is 0 Å². The summed E-state index contributed by atoms with van der Waals surface area (Å²) in [6.45, 7) is 24.4. The van der Waals surface area contributed by atoms with Crippen LogP contribution in [0.15, 0.2) is 41.9 Å². The number of nitrogens with one attached hydrogen (secondary N) is 1. The zero-order valence-electron chi connectivity index (χ0n) is 30.8. The third-order valence-corrected chi connectivity index (χ3v) is 8.78. The molecule has 252 valence electrons. The quantitative estimate of drug-likeness (QED) is 0.336. The number of fused-ring (bicyclic) bond motifs is 7. The number of nitrogens with zero attached hydrogens (tertiary/aromatic N) is 2. The molecular weight excluding hydrogens is 566 g/mol. The van der Waals surface area contributed by atoms with Crippen molar-refractivity contribution < 1.29 is 9.53 Å². The lowest BCUT2D eigenvalue weighted by atomic mass is 9.96. The number of ketones is 1. The number of hydrogen-bond acceptors (Lipinski definition) is 5. The van der Waals surface area contributed by atoms with Crippen LogP contribution in [0.5, 0.6) is 0 Å². The van der Waals surface area contributed by atoms with E-state index in [1.165, 1.54) is 47.6 Å². The number of hydrogen-bond donors (Lipinski definition) is 1. The Morgan fingerprint density at radius 1 is 1.07 bits per heavy atom. The van der Waals surface area contributed by atoms with Crippen molar-refractivity contribution in [2.45, 2.75) is 127 Å². The topological polar surface area (TPSA) is 54.5 Å². The van der Waals surface area contributed by atoms with Crippen molar-refractivity contribution in [2.24, 2.45) is 11.8 Å². The van der Waals surface area contributed by atoms with Crippen molar-refractivity contribution in [2.75, 3.05) is 23.4 Å². The molecule has 1 aromatic carbocycles. The normalized spacial score (nSPS) is 21.8. The number of ether oxygens (including phenoxy) is 1. The molecule has 2 unspecified atom stereocenters. The molecule has 2 aromatic rings. The van der Waals surface area contributed by atoms with Crippen molar-refractivity contribution >= 4 is 22.7 Å². The summed E-state index contributed by atoms with van der Waals surface area (Å²) in [6.07, 6.45) is 13.6. The molecule has 1 N–H and O–H groups in total. The molecule has 1 aromatic heterocycles. The van der Waals surface area contributed by atoms with E-state index in [1.807, 2.05) is 46.8 Å². The molecule has 0 amide bonds. The summed E-state index contributed by atoms with van der Waals surface area (Å²) in [5.41, 5.74) is 8.81. The number of carbonyl (C=O) groups excluding carboxylic acids is 1. The first-order valence-corrected chi connectivity index (χ1v) is 17.8. The predicted molar refractivity (Wildman–Crippen MR) is 198 cm³/mol. The van der Waals surface area contributed by atoms with Crippen LogP contribution < -0.4 is 10.2 Å². The Morgan fingerprint density at radius 3 is 2.39 bits per heavy atom. The molecule has 1 fully saturated rings. The van der Waals surface area contributed by atoms with Crippen LogP contribution in [0, 0.1) is 38.0 Å². The number of rotatable bonds is 2. The Balaban J connectivity index is 0.000000977. The highest BCUT2D eigenvalue weighted by molar-refractivity contribution is 5.96. The van der Waals surface area contributed by atoms with E-state index in [1.54, 1.807) is 6.92 Å². The summed E-state index contributed by atoms with van der Waals surface area (Å²) in [4.78, 5) is 20.5. The summed E-state index contributed by atoms with van der Waals surface area (Å²) in [7, 11) is 0. The van der Waals surface area contributed by atoms with E-state index < -0.39 is 0 Å². The Labute approximate surface area is 281 Å². The fourth-order valence-corrected chi connectivity index (χ4v) is 6.61. The minimum absolute atomic E-state index is 0.183. The van der Waals surface area contributed by atoms with Gasteiger partial charge >= 0.3 is 0 Å². The molecule has 0 spiro atoms. The number of benzene rings is 1. The van der Waals surface area contributed by atoms with Gasteiger partial charge in [-0.3, -0.25) is 9.78 Å². The Bertz CT molecular complexity index is 1400. The first-order chi connectivity index (χ1) is 22.1. The predicted octanol–water partition coefficient (Wildman–Crippen LogP) is 11.2. The molecule has 1 aliphatic carbocycles. The van der Waals surface area contributed by atoms with Gasteiger partial charge in [-0.1, -0.05) is 48.5 Å². The van der Waals surface area contributed by atoms with Crippen molar-refractivity contribution in [1.82, 2.24) is 4.98 Å².